The normalized spacial score (nSPS) is 13.8. The summed E-state index contributed by atoms with van der Waals surface area (Å²) in [6.45, 7) is 6.26. The molecule has 0 aliphatic carbocycles. The Hall–Kier alpha value is -2.42. The van der Waals surface area contributed by atoms with Crippen LogP contribution in [0, 0.1) is 11.8 Å². The number of hydrogen-bond acceptors (Lipinski definition) is 3. The molecule has 2 aromatic carbocycles. The fourth-order valence-electron chi connectivity index (χ4n) is 2.46. The molecule has 0 fully saturated rings. The predicted molar refractivity (Wildman–Crippen MR) is 98.9 cm³/mol. The molecule has 3 heteroatoms. The maximum absolute atomic E-state index is 12.1. The van der Waals surface area contributed by atoms with Gasteiger partial charge in [-0.3, -0.25) is 4.99 Å². The van der Waals surface area contributed by atoms with Crippen LogP contribution in [-0.2, 0) is 4.74 Å². The molecule has 2 rings (SSSR count). The van der Waals surface area contributed by atoms with Crippen LogP contribution in [0.3, 0.4) is 0 Å². The fraction of sp³-hybridized carbons (Fsp3) is 0.333. The van der Waals surface area contributed by atoms with E-state index in [2.05, 4.69) is 18.8 Å². The molecule has 3 nitrogen and oxygen atoms in total. The molecule has 2 atom stereocenters. The molecule has 2 aromatic rings. The number of para-hydroxylation sites is 1. The Balaban J connectivity index is 1.94. The van der Waals surface area contributed by atoms with Gasteiger partial charge >= 0.3 is 5.97 Å². The molecule has 0 amide bonds. The monoisotopic (exact) mass is 323 g/mol. The molecule has 2 unspecified atom stereocenters. The number of aliphatic imine (C=N–C) groups is 1. The van der Waals surface area contributed by atoms with Crippen molar-refractivity contribution in [1.82, 2.24) is 0 Å². The lowest BCUT2D eigenvalue weighted by Gasteiger charge is -2.21. The Morgan fingerprint density at radius 1 is 1.00 bits per heavy atom. The first-order valence-electron chi connectivity index (χ1n) is 8.41. The van der Waals surface area contributed by atoms with Crippen molar-refractivity contribution in [1.29, 1.82) is 0 Å². The molecule has 0 saturated heterocycles. The van der Waals surface area contributed by atoms with Gasteiger partial charge < -0.3 is 4.74 Å². The summed E-state index contributed by atoms with van der Waals surface area (Å²) in [5, 5.41) is 0. The van der Waals surface area contributed by atoms with Gasteiger partial charge in [-0.25, -0.2) is 4.79 Å². The standard InChI is InChI=1S/C21H25NO2/c1-16(2)19(15-22-20-12-8-5-9-13-20)14-17(3)24-21(23)18-10-6-4-7-11-18/h4-13,15-17,19H,14H2,1-3H3. The lowest BCUT2D eigenvalue weighted by Crippen LogP contribution is -2.22. The van der Waals surface area contributed by atoms with Gasteiger partial charge in [0, 0.05) is 12.1 Å². The van der Waals surface area contributed by atoms with Crippen LogP contribution >= 0.6 is 0 Å². The predicted octanol–water partition coefficient (Wildman–Crippen LogP) is 5.30. The summed E-state index contributed by atoms with van der Waals surface area (Å²) in [6, 6.07) is 19.0. The van der Waals surface area contributed by atoms with Gasteiger partial charge in [-0.2, -0.15) is 0 Å². The van der Waals surface area contributed by atoms with E-state index in [1.807, 2.05) is 61.7 Å². The van der Waals surface area contributed by atoms with Crippen LogP contribution in [0.4, 0.5) is 5.69 Å². The van der Waals surface area contributed by atoms with Crippen LogP contribution in [0.25, 0.3) is 0 Å². The van der Waals surface area contributed by atoms with E-state index in [-0.39, 0.29) is 18.0 Å². The van der Waals surface area contributed by atoms with Gasteiger partial charge in [0.2, 0.25) is 0 Å². The molecule has 0 radical (unpaired) electrons. The molecular weight excluding hydrogens is 298 g/mol. The van der Waals surface area contributed by atoms with Gasteiger partial charge in [0.25, 0.3) is 0 Å². The number of hydrogen-bond donors (Lipinski definition) is 0. The van der Waals surface area contributed by atoms with Gasteiger partial charge in [0.15, 0.2) is 0 Å². The van der Waals surface area contributed by atoms with Gasteiger partial charge in [-0.1, -0.05) is 50.2 Å². The molecule has 24 heavy (non-hydrogen) atoms. The summed E-state index contributed by atoms with van der Waals surface area (Å²) < 4.78 is 5.57. The third-order valence-electron chi connectivity index (χ3n) is 3.95. The van der Waals surface area contributed by atoms with Gasteiger partial charge in [0.1, 0.15) is 0 Å². The number of carbonyl (C=O) groups excluding carboxylic acids is 1. The molecule has 0 aliphatic rings. The largest absolute Gasteiger partial charge is 0.459 e. The van der Waals surface area contributed by atoms with E-state index in [0.29, 0.717) is 11.5 Å². The minimum atomic E-state index is -0.273. The van der Waals surface area contributed by atoms with Crippen LogP contribution in [0.1, 0.15) is 37.6 Å². The Morgan fingerprint density at radius 3 is 2.17 bits per heavy atom. The number of rotatable bonds is 7. The zero-order chi connectivity index (χ0) is 17.4. The molecule has 0 N–H and O–H groups in total. The van der Waals surface area contributed by atoms with Crippen molar-refractivity contribution in [3.8, 4) is 0 Å². The van der Waals surface area contributed by atoms with E-state index in [0.717, 1.165) is 12.1 Å². The van der Waals surface area contributed by atoms with Crippen LogP contribution in [0.15, 0.2) is 65.7 Å². The van der Waals surface area contributed by atoms with E-state index < -0.39 is 0 Å². The summed E-state index contributed by atoms with van der Waals surface area (Å²) in [5.74, 6) is 0.407. The number of ether oxygens (including phenoxy) is 1. The average molecular weight is 323 g/mol. The summed E-state index contributed by atoms with van der Waals surface area (Å²) in [7, 11) is 0. The van der Waals surface area contributed by atoms with Crippen molar-refractivity contribution in [2.24, 2.45) is 16.8 Å². The first-order valence-corrected chi connectivity index (χ1v) is 8.41. The maximum atomic E-state index is 12.1. The minimum absolute atomic E-state index is 0.160. The smallest absolute Gasteiger partial charge is 0.338 e. The van der Waals surface area contributed by atoms with E-state index in [1.165, 1.54) is 0 Å². The maximum Gasteiger partial charge on any atom is 0.338 e. The summed E-state index contributed by atoms with van der Waals surface area (Å²) in [5.41, 5.74) is 1.53. The average Bonchev–Trinajstić information content (AvgIpc) is 2.60. The molecule has 126 valence electrons. The van der Waals surface area contributed by atoms with Crippen molar-refractivity contribution in [3.63, 3.8) is 0 Å². The Kier molecular flexibility index (Phi) is 6.74. The lowest BCUT2D eigenvalue weighted by molar-refractivity contribution is 0.0296. The second-order valence-electron chi connectivity index (χ2n) is 6.34. The number of nitrogens with zero attached hydrogens (tertiary/aromatic N) is 1. The number of esters is 1. The number of benzene rings is 2. The number of carbonyl (C=O) groups is 1. The third kappa shape index (κ3) is 5.65. The first kappa shape index (κ1) is 17.9. The van der Waals surface area contributed by atoms with E-state index in [9.17, 15) is 4.79 Å². The van der Waals surface area contributed by atoms with Gasteiger partial charge in [-0.05, 0) is 43.5 Å². The van der Waals surface area contributed by atoms with Gasteiger partial charge in [0.05, 0.1) is 17.4 Å². The second kappa shape index (κ2) is 9.02. The minimum Gasteiger partial charge on any atom is -0.459 e. The van der Waals surface area contributed by atoms with Crippen molar-refractivity contribution < 1.29 is 9.53 Å². The van der Waals surface area contributed by atoms with Crippen molar-refractivity contribution in [2.45, 2.75) is 33.3 Å². The summed E-state index contributed by atoms with van der Waals surface area (Å²) >= 11 is 0. The van der Waals surface area contributed by atoms with Crippen molar-refractivity contribution >= 4 is 17.9 Å². The SMILES string of the molecule is CC(CC(C=Nc1ccccc1)C(C)C)OC(=O)c1ccccc1. The van der Waals surface area contributed by atoms with E-state index in [4.69, 9.17) is 4.74 Å². The quantitative estimate of drug-likeness (QED) is 0.512. The highest BCUT2D eigenvalue weighted by molar-refractivity contribution is 5.89. The molecule has 0 aliphatic heterocycles. The zero-order valence-electron chi connectivity index (χ0n) is 14.6. The van der Waals surface area contributed by atoms with Crippen LogP contribution in [0.2, 0.25) is 0 Å². The first-order chi connectivity index (χ1) is 11.6. The molecule has 0 aromatic heterocycles. The molecule has 0 saturated carbocycles. The van der Waals surface area contributed by atoms with E-state index >= 15 is 0 Å². The molecular formula is C21H25NO2. The summed E-state index contributed by atoms with van der Waals surface area (Å²) in [6.07, 6.45) is 2.58. The molecule has 0 spiro atoms. The summed E-state index contributed by atoms with van der Waals surface area (Å²) in [4.78, 5) is 16.7. The van der Waals surface area contributed by atoms with E-state index in [1.54, 1.807) is 12.1 Å². The van der Waals surface area contributed by atoms with Crippen LogP contribution in [0.5, 0.6) is 0 Å². The highest BCUT2D eigenvalue weighted by Crippen LogP contribution is 2.20. The molecule has 0 heterocycles. The highest BCUT2D eigenvalue weighted by atomic mass is 16.5. The fourth-order valence-corrected chi connectivity index (χ4v) is 2.46. The second-order valence-corrected chi connectivity index (χ2v) is 6.34. The highest BCUT2D eigenvalue weighted by Gasteiger charge is 2.18. The molecule has 0 bridgehead atoms. The Labute approximate surface area is 144 Å². The van der Waals surface area contributed by atoms with Gasteiger partial charge in [-0.15, -0.1) is 0 Å². The lowest BCUT2D eigenvalue weighted by atomic mass is 9.91. The zero-order valence-corrected chi connectivity index (χ0v) is 14.6. The van der Waals surface area contributed by atoms with Crippen LogP contribution < -0.4 is 0 Å². The topological polar surface area (TPSA) is 38.7 Å². The van der Waals surface area contributed by atoms with Crippen molar-refractivity contribution in [3.05, 3.63) is 66.2 Å². The van der Waals surface area contributed by atoms with Crippen LogP contribution in [-0.4, -0.2) is 18.3 Å². The third-order valence-corrected chi connectivity index (χ3v) is 3.95. The Morgan fingerprint density at radius 2 is 1.58 bits per heavy atom. The van der Waals surface area contributed by atoms with Crippen molar-refractivity contribution in [2.75, 3.05) is 0 Å². The Bertz CT molecular complexity index is 650.